The van der Waals surface area contributed by atoms with Gasteiger partial charge in [-0.25, -0.2) is 4.79 Å². The number of aliphatic imine (C=N–C) groups is 1. The number of hydrogen-bond donors (Lipinski definition) is 2. The lowest BCUT2D eigenvalue weighted by Crippen LogP contribution is -2.48. The summed E-state index contributed by atoms with van der Waals surface area (Å²) >= 11 is 0. The fourth-order valence-corrected chi connectivity index (χ4v) is 3.00. The second-order valence-corrected chi connectivity index (χ2v) is 7.47. The molecule has 1 heterocycles. The van der Waals surface area contributed by atoms with E-state index in [0.29, 0.717) is 38.1 Å². The Balaban J connectivity index is 0.00000420. The van der Waals surface area contributed by atoms with Crippen molar-refractivity contribution in [1.29, 1.82) is 0 Å². The van der Waals surface area contributed by atoms with Gasteiger partial charge in [0, 0.05) is 25.7 Å². The zero-order valence-electron chi connectivity index (χ0n) is 17.7. The van der Waals surface area contributed by atoms with E-state index in [-0.39, 0.29) is 36.1 Å². The quantitative estimate of drug-likeness (QED) is 0.313. The van der Waals surface area contributed by atoms with Crippen LogP contribution in [-0.2, 0) is 11.2 Å². The number of hydrogen-bond acceptors (Lipinski definition) is 4. The van der Waals surface area contributed by atoms with Crippen molar-refractivity contribution in [2.45, 2.75) is 46.1 Å². The van der Waals surface area contributed by atoms with Gasteiger partial charge in [-0.1, -0.05) is 26.0 Å². The van der Waals surface area contributed by atoms with Crippen LogP contribution >= 0.6 is 24.0 Å². The average Bonchev–Trinajstić information content (AvgIpc) is 2.68. The molecule has 3 N–H and O–H groups in total. The van der Waals surface area contributed by atoms with Crippen molar-refractivity contribution < 1.29 is 14.3 Å². The molecule has 1 aromatic carbocycles. The van der Waals surface area contributed by atoms with Gasteiger partial charge in [0.25, 0.3) is 0 Å². The molecule has 1 aromatic rings. The van der Waals surface area contributed by atoms with E-state index in [1.54, 1.807) is 4.90 Å². The molecule has 8 heteroatoms. The third-order valence-electron chi connectivity index (χ3n) is 4.56. The third kappa shape index (κ3) is 9.56. The van der Waals surface area contributed by atoms with Crippen molar-refractivity contribution in [3.05, 3.63) is 29.8 Å². The molecule has 0 radical (unpaired) electrons. The summed E-state index contributed by atoms with van der Waals surface area (Å²) in [6.07, 6.45) is 2.27. The molecule has 0 spiro atoms. The third-order valence-corrected chi connectivity index (χ3v) is 4.56. The Morgan fingerprint density at radius 1 is 1.28 bits per heavy atom. The van der Waals surface area contributed by atoms with Gasteiger partial charge >= 0.3 is 6.09 Å². The molecule has 0 aromatic heterocycles. The minimum absolute atomic E-state index is 0. The Hall–Kier alpha value is -1.71. The summed E-state index contributed by atoms with van der Waals surface area (Å²) in [5, 5.41) is 3.26. The first-order chi connectivity index (χ1) is 13.5. The molecule has 164 valence electrons. The van der Waals surface area contributed by atoms with E-state index in [4.69, 9.17) is 15.2 Å². The number of amides is 1. The van der Waals surface area contributed by atoms with Gasteiger partial charge in [0.15, 0.2) is 5.96 Å². The van der Waals surface area contributed by atoms with Crippen molar-refractivity contribution in [1.82, 2.24) is 10.2 Å². The topological polar surface area (TPSA) is 89.2 Å². The molecule has 1 aliphatic rings. The highest BCUT2D eigenvalue weighted by Crippen LogP contribution is 2.14. The van der Waals surface area contributed by atoms with Gasteiger partial charge in [0.1, 0.15) is 5.75 Å². The molecule has 0 bridgehead atoms. The summed E-state index contributed by atoms with van der Waals surface area (Å²) < 4.78 is 10.7. The predicted octanol–water partition coefficient (Wildman–Crippen LogP) is 3.41. The van der Waals surface area contributed by atoms with E-state index >= 15 is 0 Å². The number of nitrogens with one attached hydrogen (secondary N) is 1. The Morgan fingerprint density at radius 2 is 1.93 bits per heavy atom. The van der Waals surface area contributed by atoms with Crippen LogP contribution in [0.4, 0.5) is 4.79 Å². The van der Waals surface area contributed by atoms with Crippen LogP contribution in [-0.4, -0.2) is 55.8 Å². The molecule has 29 heavy (non-hydrogen) atoms. The van der Waals surface area contributed by atoms with Crippen LogP contribution in [0.5, 0.6) is 5.75 Å². The Labute approximate surface area is 191 Å². The van der Waals surface area contributed by atoms with E-state index < -0.39 is 0 Å². The van der Waals surface area contributed by atoms with Crippen LogP contribution in [0.25, 0.3) is 0 Å². The molecule has 1 amide bonds. The van der Waals surface area contributed by atoms with Gasteiger partial charge < -0.3 is 25.4 Å². The lowest BCUT2D eigenvalue weighted by atomic mass is 10.1. The molecular weight excluding hydrogens is 483 g/mol. The fraction of sp³-hybridized carbons (Fsp3) is 0.619. The monoisotopic (exact) mass is 518 g/mol. The molecule has 2 rings (SSSR count). The van der Waals surface area contributed by atoms with Crippen LogP contribution in [0, 0.1) is 5.92 Å². The van der Waals surface area contributed by atoms with Crippen LogP contribution < -0.4 is 15.8 Å². The van der Waals surface area contributed by atoms with Gasteiger partial charge in [-0.2, -0.15) is 0 Å². The maximum Gasteiger partial charge on any atom is 0.409 e. The number of nitrogens with zero attached hydrogens (tertiary/aromatic N) is 2. The second kappa shape index (κ2) is 13.5. The number of benzene rings is 1. The number of carbonyl (C=O) groups is 1. The Bertz CT molecular complexity index is 629. The molecule has 0 saturated carbocycles. The van der Waals surface area contributed by atoms with Crippen LogP contribution in [0.15, 0.2) is 29.3 Å². The Morgan fingerprint density at radius 3 is 2.52 bits per heavy atom. The lowest BCUT2D eigenvalue weighted by Gasteiger charge is -2.31. The maximum absolute atomic E-state index is 11.7. The Kier molecular flexibility index (Phi) is 11.8. The number of nitrogens with two attached hydrogens (primary N) is 1. The molecule has 1 aliphatic heterocycles. The standard InChI is InChI=1S/C21H34N4O3.HI/c1-4-27-21(26)25-13-10-18(11-14-25)24-20(22)23-12-9-17-5-7-19(8-6-17)28-15-16(2)3;/h5-8,16,18H,4,9-15H2,1-3H3,(H3,22,23,24);1H. The highest BCUT2D eigenvalue weighted by atomic mass is 127. The number of ether oxygens (including phenoxy) is 2. The number of piperidine rings is 1. The maximum atomic E-state index is 11.7. The van der Waals surface area contributed by atoms with Crippen LogP contribution in [0.2, 0.25) is 0 Å². The summed E-state index contributed by atoms with van der Waals surface area (Å²) in [6, 6.07) is 8.38. The van der Waals surface area contributed by atoms with E-state index in [1.165, 1.54) is 5.56 Å². The molecule has 0 atom stereocenters. The van der Waals surface area contributed by atoms with Crippen molar-refractivity contribution >= 4 is 36.0 Å². The first kappa shape index (κ1) is 25.3. The van der Waals surface area contributed by atoms with Gasteiger partial charge in [-0.05, 0) is 49.8 Å². The van der Waals surface area contributed by atoms with Crippen molar-refractivity contribution in [2.75, 3.05) is 32.8 Å². The van der Waals surface area contributed by atoms with E-state index in [9.17, 15) is 4.79 Å². The highest BCUT2D eigenvalue weighted by Gasteiger charge is 2.23. The van der Waals surface area contributed by atoms with E-state index in [1.807, 2.05) is 19.1 Å². The van der Waals surface area contributed by atoms with Crippen LogP contribution in [0.1, 0.15) is 39.2 Å². The number of guanidine groups is 1. The summed E-state index contributed by atoms with van der Waals surface area (Å²) in [4.78, 5) is 17.9. The molecule has 0 unspecified atom stereocenters. The first-order valence-electron chi connectivity index (χ1n) is 10.2. The molecule has 7 nitrogen and oxygen atoms in total. The number of rotatable bonds is 8. The largest absolute Gasteiger partial charge is 0.493 e. The lowest BCUT2D eigenvalue weighted by molar-refractivity contribution is 0.0963. The first-order valence-corrected chi connectivity index (χ1v) is 10.2. The van der Waals surface area contributed by atoms with E-state index in [0.717, 1.165) is 31.6 Å². The summed E-state index contributed by atoms with van der Waals surface area (Å²) in [5.74, 6) is 1.88. The minimum Gasteiger partial charge on any atom is -0.493 e. The molecule has 0 aliphatic carbocycles. The van der Waals surface area contributed by atoms with Crippen molar-refractivity contribution in [3.63, 3.8) is 0 Å². The fourth-order valence-electron chi connectivity index (χ4n) is 3.00. The van der Waals surface area contributed by atoms with Gasteiger partial charge in [0.05, 0.1) is 13.2 Å². The van der Waals surface area contributed by atoms with Gasteiger partial charge in [-0.3, -0.25) is 4.99 Å². The van der Waals surface area contributed by atoms with Crippen molar-refractivity contribution in [3.8, 4) is 5.75 Å². The number of halogens is 1. The molecule has 1 saturated heterocycles. The predicted molar refractivity (Wildman–Crippen MR) is 127 cm³/mol. The smallest absolute Gasteiger partial charge is 0.409 e. The molecular formula is C21H35IN4O3. The summed E-state index contributed by atoms with van der Waals surface area (Å²) in [6.45, 7) is 9.20. The summed E-state index contributed by atoms with van der Waals surface area (Å²) in [7, 11) is 0. The zero-order chi connectivity index (χ0) is 20.4. The number of likely N-dealkylation sites (tertiary alicyclic amines) is 1. The van der Waals surface area contributed by atoms with Crippen molar-refractivity contribution in [2.24, 2.45) is 16.6 Å². The normalized spacial score (nSPS) is 15.0. The number of carbonyl (C=O) groups excluding carboxylic acids is 1. The highest BCUT2D eigenvalue weighted by molar-refractivity contribution is 14.0. The van der Waals surface area contributed by atoms with E-state index in [2.05, 4.69) is 36.3 Å². The second-order valence-electron chi connectivity index (χ2n) is 7.47. The molecule has 1 fully saturated rings. The minimum atomic E-state index is -0.233. The summed E-state index contributed by atoms with van der Waals surface area (Å²) in [5.41, 5.74) is 7.22. The SMILES string of the molecule is CCOC(=O)N1CCC(NC(N)=NCCc2ccc(OCC(C)C)cc2)CC1.I. The van der Waals surface area contributed by atoms with Gasteiger partial charge in [-0.15, -0.1) is 24.0 Å². The van der Waals surface area contributed by atoms with Gasteiger partial charge in [0.2, 0.25) is 0 Å². The zero-order valence-corrected chi connectivity index (χ0v) is 20.1. The average molecular weight is 518 g/mol. The van der Waals surface area contributed by atoms with Crippen LogP contribution in [0.3, 0.4) is 0 Å².